The van der Waals surface area contributed by atoms with Crippen molar-refractivity contribution in [2.75, 3.05) is 26.4 Å². The molecule has 5 rings (SSSR count). The monoisotopic (exact) mass is 366 g/mol. The van der Waals surface area contributed by atoms with Crippen molar-refractivity contribution in [3.05, 3.63) is 53.6 Å². The summed E-state index contributed by atoms with van der Waals surface area (Å²) in [7, 11) is 0. The Morgan fingerprint density at radius 1 is 1.04 bits per heavy atom. The van der Waals surface area contributed by atoms with Gasteiger partial charge in [0.05, 0.1) is 6.04 Å². The number of nitrogens with zero attached hydrogens (tertiary/aromatic N) is 1. The van der Waals surface area contributed by atoms with E-state index in [9.17, 15) is 0 Å². The maximum Gasteiger partial charge on any atom is 0.231 e. The fourth-order valence-corrected chi connectivity index (χ4v) is 4.62. The zero-order chi connectivity index (χ0) is 18.2. The van der Waals surface area contributed by atoms with Crippen LogP contribution in [0.4, 0.5) is 0 Å². The van der Waals surface area contributed by atoms with E-state index in [4.69, 9.17) is 19.9 Å². The predicted octanol–water partition coefficient (Wildman–Crippen LogP) is 3.13. The summed E-state index contributed by atoms with van der Waals surface area (Å²) in [5, 5.41) is 0. The van der Waals surface area contributed by atoms with Crippen molar-refractivity contribution < 1.29 is 14.2 Å². The quantitative estimate of drug-likeness (QED) is 0.901. The summed E-state index contributed by atoms with van der Waals surface area (Å²) in [5.74, 6) is 3.05. The van der Waals surface area contributed by atoms with Crippen molar-refractivity contribution in [1.82, 2.24) is 4.90 Å². The Labute approximate surface area is 160 Å². The van der Waals surface area contributed by atoms with E-state index in [1.54, 1.807) is 0 Å². The zero-order valence-electron chi connectivity index (χ0n) is 15.5. The van der Waals surface area contributed by atoms with Gasteiger partial charge in [-0.2, -0.15) is 0 Å². The second kappa shape index (κ2) is 7.06. The SMILES string of the molecule is NCC1CCN(C2Cc3ccccc3C2Oc2ccc3c(c2)OCO3)CC1. The molecule has 2 aliphatic heterocycles. The van der Waals surface area contributed by atoms with Gasteiger partial charge in [-0.15, -0.1) is 0 Å². The van der Waals surface area contributed by atoms with Gasteiger partial charge in [-0.25, -0.2) is 0 Å². The summed E-state index contributed by atoms with van der Waals surface area (Å²) < 4.78 is 17.5. The van der Waals surface area contributed by atoms with Crippen molar-refractivity contribution in [2.45, 2.75) is 31.4 Å². The second-order valence-corrected chi connectivity index (χ2v) is 7.74. The predicted molar refractivity (Wildman–Crippen MR) is 103 cm³/mol. The molecule has 0 aromatic heterocycles. The van der Waals surface area contributed by atoms with Gasteiger partial charge in [0.15, 0.2) is 11.5 Å². The number of ether oxygens (including phenoxy) is 3. The fraction of sp³-hybridized carbons (Fsp3) is 0.455. The van der Waals surface area contributed by atoms with Gasteiger partial charge in [-0.05, 0) is 68.1 Å². The molecule has 3 aliphatic rings. The Morgan fingerprint density at radius 2 is 1.85 bits per heavy atom. The highest BCUT2D eigenvalue weighted by Gasteiger charge is 2.39. The van der Waals surface area contributed by atoms with Crippen molar-refractivity contribution in [3.8, 4) is 17.2 Å². The van der Waals surface area contributed by atoms with Gasteiger partial charge in [0.1, 0.15) is 11.9 Å². The molecule has 0 bridgehead atoms. The molecule has 5 nitrogen and oxygen atoms in total. The lowest BCUT2D eigenvalue weighted by Crippen LogP contribution is -2.45. The van der Waals surface area contributed by atoms with Crippen LogP contribution in [-0.2, 0) is 6.42 Å². The molecule has 0 radical (unpaired) electrons. The number of nitrogens with two attached hydrogens (primary N) is 1. The largest absolute Gasteiger partial charge is 0.484 e. The van der Waals surface area contributed by atoms with Crippen LogP contribution in [0.25, 0.3) is 0 Å². The molecular weight excluding hydrogens is 340 g/mol. The number of rotatable bonds is 4. The van der Waals surface area contributed by atoms with Gasteiger partial charge in [-0.1, -0.05) is 24.3 Å². The standard InChI is InChI=1S/C22H26N2O3/c23-13-15-7-9-24(10-8-15)19-11-16-3-1-2-4-18(16)22(19)27-17-5-6-20-21(12-17)26-14-25-20/h1-6,12,15,19,22H,7-11,13-14,23H2. The van der Waals surface area contributed by atoms with Crippen LogP contribution in [0.15, 0.2) is 42.5 Å². The molecule has 0 amide bonds. The molecule has 2 atom stereocenters. The zero-order valence-corrected chi connectivity index (χ0v) is 15.5. The minimum atomic E-state index is 0.0380. The van der Waals surface area contributed by atoms with E-state index in [2.05, 4.69) is 29.2 Å². The average molecular weight is 366 g/mol. The molecule has 1 fully saturated rings. The molecule has 142 valence electrons. The van der Waals surface area contributed by atoms with Crippen LogP contribution >= 0.6 is 0 Å². The van der Waals surface area contributed by atoms with Crippen molar-refractivity contribution >= 4 is 0 Å². The third-order valence-corrected chi connectivity index (χ3v) is 6.20. The van der Waals surface area contributed by atoms with Crippen LogP contribution in [0.5, 0.6) is 17.2 Å². The molecule has 0 spiro atoms. The highest BCUT2D eigenvalue weighted by atomic mass is 16.7. The first kappa shape index (κ1) is 16.9. The van der Waals surface area contributed by atoms with E-state index < -0.39 is 0 Å². The highest BCUT2D eigenvalue weighted by Crippen LogP contribution is 2.41. The number of fused-ring (bicyclic) bond motifs is 2. The van der Waals surface area contributed by atoms with Gasteiger partial charge in [0.2, 0.25) is 6.79 Å². The van der Waals surface area contributed by atoms with Crippen molar-refractivity contribution in [2.24, 2.45) is 11.7 Å². The van der Waals surface area contributed by atoms with Crippen LogP contribution < -0.4 is 19.9 Å². The molecule has 27 heavy (non-hydrogen) atoms. The molecule has 2 unspecified atom stereocenters. The van der Waals surface area contributed by atoms with Gasteiger partial charge >= 0.3 is 0 Å². The molecule has 5 heteroatoms. The lowest BCUT2D eigenvalue weighted by atomic mass is 9.95. The Morgan fingerprint density at radius 3 is 2.70 bits per heavy atom. The summed E-state index contributed by atoms with van der Waals surface area (Å²) in [6.45, 7) is 3.28. The minimum absolute atomic E-state index is 0.0380. The van der Waals surface area contributed by atoms with E-state index in [1.165, 1.54) is 24.0 Å². The van der Waals surface area contributed by atoms with E-state index >= 15 is 0 Å². The molecule has 1 aliphatic carbocycles. The first-order chi connectivity index (χ1) is 13.3. The van der Waals surface area contributed by atoms with Crippen LogP contribution in [0.1, 0.15) is 30.1 Å². The maximum absolute atomic E-state index is 6.54. The van der Waals surface area contributed by atoms with Crippen LogP contribution in [0.3, 0.4) is 0 Å². The highest BCUT2D eigenvalue weighted by molar-refractivity contribution is 5.47. The van der Waals surface area contributed by atoms with Crippen molar-refractivity contribution in [3.63, 3.8) is 0 Å². The number of benzene rings is 2. The Hall–Kier alpha value is -2.24. The number of likely N-dealkylation sites (tertiary alicyclic amines) is 1. The van der Waals surface area contributed by atoms with Gasteiger partial charge in [0, 0.05) is 6.07 Å². The summed E-state index contributed by atoms with van der Waals surface area (Å²) >= 11 is 0. The normalized spacial score (nSPS) is 24.8. The summed E-state index contributed by atoms with van der Waals surface area (Å²) in [5.41, 5.74) is 8.58. The van der Waals surface area contributed by atoms with Crippen LogP contribution in [0, 0.1) is 5.92 Å². The van der Waals surface area contributed by atoms with E-state index in [0.29, 0.717) is 12.0 Å². The number of piperidine rings is 1. The lowest BCUT2D eigenvalue weighted by Gasteiger charge is -2.38. The Kier molecular flexibility index (Phi) is 4.42. The van der Waals surface area contributed by atoms with Gasteiger partial charge in [-0.3, -0.25) is 4.90 Å². The Bertz CT molecular complexity index is 817. The smallest absolute Gasteiger partial charge is 0.231 e. The molecular formula is C22H26N2O3. The van der Waals surface area contributed by atoms with Gasteiger partial charge < -0.3 is 19.9 Å². The maximum atomic E-state index is 6.54. The molecule has 2 aromatic carbocycles. The lowest BCUT2D eigenvalue weighted by molar-refractivity contribution is 0.0537. The van der Waals surface area contributed by atoms with E-state index in [0.717, 1.165) is 43.3 Å². The third-order valence-electron chi connectivity index (χ3n) is 6.20. The minimum Gasteiger partial charge on any atom is -0.484 e. The number of hydrogen-bond acceptors (Lipinski definition) is 5. The fourth-order valence-electron chi connectivity index (χ4n) is 4.62. The summed E-state index contributed by atoms with van der Waals surface area (Å²) in [6.07, 6.45) is 3.44. The first-order valence-corrected chi connectivity index (χ1v) is 9.90. The summed E-state index contributed by atoms with van der Waals surface area (Å²) in [6, 6.07) is 14.9. The number of hydrogen-bond donors (Lipinski definition) is 1. The molecule has 2 N–H and O–H groups in total. The van der Waals surface area contributed by atoms with E-state index in [-0.39, 0.29) is 12.9 Å². The Balaban J connectivity index is 1.40. The average Bonchev–Trinajstić information content (AvgIpc) is 3.33. The topological polar surface area (TPSA) is 57.0 Å². The summed E-state index contributed by atoms with van der Waals surface area (Å²) in [4.78, 5) is 2.60. The second-order valence-electron chi connectivity index (χ2n) is 7.74. The van der Waals surface area contributed by atoms with Crippen LogP contribution in [0.2, 0.25) is 0 Å². The van der Waals surface area contributed by atoms with E-state index in [1.807, 2.05) is 18.2 Å². The molecule has 2 heterocycles. The third kappa shape index (κ3) is 3.15. The van der Waals surface area contributed by atoms with Gasteiger partial charge in [0.25, 0.3) is 0 Å². The molecule has 1 saturated heterocycles. The molecule has 0 saturated carbocycles. The first-order valence-electron chi connectivity index (χ1n) is 9.90. The molecule has 2 aromatic rings. The van der Waals surface area contributed by atoms with Crippen LogP contribution in [-0.4, -0.2) is 37.4 Å². The van der Waals surface area contributed by atoms with Crippen molar-refractivity contribution in [1.29, 1.82) is 0 Å².